The standard InChI is InChI=1S/C19H21F2N5O3S/c1-13-10-17-23-11-14(12-26(17)25-13)4-3-8-22-18(27)7-9-24-30(28,29)19-15(20)5-2-6-16(19)21/h2,5-6,10-12,24H,3-4,7-9H2,1H3,(H,22,27). The number of aryl methyl sites for hydroxylation is 2. The minimum absolute atomic E-state index is 0.157. The Kier molecular flexibility index (Phi) is 6.73. The first-order chi connectivity index (χ1) is 14.3. The molecule has 2 N–H and O–H groups in total. The van der Waals surface area contributed by atoms with E-state index in [0.717, 1.165) is 35.1 Å². The molecule has 0 aliphatic rings. The highest BCUT2D eigenvalue weighted by molar-refractivity contribution is 7.89. The van der Waals surface area contributed by atoms with E-state index in [2.05, 4.69) is 15.4 Å². The van der Waals surface area contributed by atoms with E-state index in [-0.39, 0.29) is 18.9 Å². The zero-order valence-corrected chi connectivity index (χ0v) is 17.0. The molecule has 2 aromatic heterocycles. The van der Waals surface area contributed by atoms with E-state index in [1.54, 1.807) is 10.7 Å². The molecule has 0 aliphatic carbocycles. The summed E-state index contributed by atoms with van der Waals surface area (Å²) in [5.41, 5.74) is 2.61. The molecule has 0 unspecified atom stereocenters. The van der Waals surface area contributed by atoms with Gasteiger partial charge in [0.25, 0.3) is 0 Å². The largest absolute Gasteiger partial charge is 0.356 e. The molecular weight excluding hydrogens is 416 g/mol. The lowest BCUT2D eigenvalue weighted by Gasteiger charge is -2.09. The number of hydrogen-bond acceptors (Lipinski definition) is 5. The molecule has 1 aromatic carbocycles. The van der Waals surface area contributed by atoms with Gasteiger partial charge in [-0.3, -0.25) is 4.79 Å². The van der Waals surface area contributed by atoms with Gasteiger partial charge >= 0.3 is 0 Å². The lowest BCUT2D eigenvalue weighted by molar-refractivity contribution is -0.120. The highest BCUT2D eigenvalue weighted by atomic mass is 32.2. The molecule has 3 aromatic rings. The Hall–Kier alpha value is -2.92. The van der Waals surface area contributed by atoms with Gasteiger partial charge in [-0.2, -0.15) is 5.10 Å². The Labute approximate surface area is 172 Å². The van der Waals surface area contributed by atoms with Crippen molar-refractivity contribution in [3.05, 3.63) is 59.6 Å². The fourth-order valence-electron chi connectivity index (χ4n) is 2.88. The molecule has 0 atom stereocenters. The van der Waals surface area contributed by atoms with E-state index in [9.17, 15) is 22.0 Å². The Balaban J connectivity index is 1.40. The third-order valence-corrected chi connectivity index (χ3v) is 5.80. The maximum Gasteiger partial charge on any atom is 0.246 e. The van der Waals surface area contributed by atoms with E-state index >= 15 is 0 Å². The van der Waals surface area contributed by atoms with Gasteiger partial charge in [0, 0.05) is 38.0 Å². The molecule has 0 bridgehead atoms. The maximum absolute atomic E-state index is 13.6. The van der Waals surface area contributed by atoms with Gasteiger partial charge in [0.2, 0.25) is 15.9 Å². The van der Waals surface area contributed by atoms with Crippen molar-refractivity contribution in [3.8, 4) is 0 Å². The number of rotatable bonds is 9. The molecule has 0 spiro atoms. The molecule has 8 nitrogen and oxygen atoms in total. The summed E-state index contributed by atoms with van der Waals surface area (Å²) in [7, 11) is -4.39. The highest BCUT2D eigenvalue weighted by Gasteiger charge is 2.23. The third kappa shape index (κ3) is 5.36. The van der Waals surface area contributed by atoms with E-state index in [0.29, 0.717) is 19.4 Å². The van der Waals surface area contributed by atoms with Crippen LogP contribution in [-0.2, 0) is 21.2 Å². The molecule has 3 rings (SSSR count). The Morgan fingerprint density at radius 2 is 1.93 bits per heavy atom. The van der Waals surface area contributed by atoms with Crippen molar-refractivity contribution in [1.82, 2.24) is 24.6 Å². The number of sulfonamides is 1. The molecule has 0 fully saturated rings. The van der Waals surface area contributed by atoms with Gasteiger partial charge in [0.15, 0.2) is 10.5 Å². The first kappa shape index (κ1) is 21.8. The van der Waals surface area contributed by atoms with Gasteiger partial charge in [-0.1, -0.05) is 6.07 Å². The second-order valence-corrected chi connectivity index (χ2v) is 8.41. The normalized spacial score (nSPS) is 11.7. The third-order valence-electron chi connectivity index (χ3n) is 4.29. The number of nitrogens with zero attached hydrogens (tertiary/aromatic N) is 3. The first-order valence-corrected chi connectivity index (χ1v) is 10.8. The molecule has 30 heavy (non-hydrogen) atoms. The SMILES string of the molecule is Cc1cc2ncc(CCCNC(=O)CCNS(=O)(=O)c3c(F)cccc3F)cn2n1. The van der Waals surface area contributed by atoms with Crippen LogP contribution >= 0.6 is 0 Å². The van der Waals surface area contributed by atoms with Crippen LogP contribution in [0.2, 0.25) is 0 Å². The van der Waals surface area contributed by atoms with Gasteiger partial charge < -0.3 is 5.32 Å². The van der Waals surface area contributed by atoms with Crippen molar-refractivity contribution < 1.29 is 22.0 Å². The van der Waals surface area contributed by atoms with E-state index in [1.165, 1.54) is 0 Å². The second kappa shape index (κ2) is 9.26. The Bertz CT molecular complexity index is 1140. The number of fused-ring (bicyclic) bond motifs is 1. The van der Waals surface area contributed by atoms with Crippen LogP contribution in [-0.4, -0.2) is 42.0 Å². The quantitative estimate of drug-likeness (QED) is 0.496. The smallest absolute Gasteiger partial charge is 0.246 e. The van der Waals surface area contributed by atoms with Crippen molar-refractivity contribution >= 4 is 21.6 Å². The summed E-state index contributed by atoms with van der Waals surface area (Å²) in [4.78, 5) is 15.1. The summed E-state index contributed by atoms with van der Waals surface area (Å²) in [6.07, 6.45) is 4.82. The molecule has 1 amide bonds. The average Bonchev–Trinajstić information content (AvgIpc) is 3.04. The summed E-state index contributed by atoms with van der Waals surface area (Å²) >= 11 is 0. The van der Waals surface area contributed by atoms with Crippen molar-refractivity contribution in [2.45, 2.75) is 31.1 Å². The number of carbonyl (C=O) groups excluding carboxylic acids is 1. The van der Waals surface area contributed by atoms with Crippen LogP contribution in [0.3, 0.4) is 0 Å². The molecule has 0 radical (unpaired) electrons. The zero-order valence-electron chi connectivity index (χ0n) is 16.2. The summed E-state index contributed by atoms with van der Waals surface area (Å²) < 4.78 is 55.0. The van der Waals surface area contributed by atoms with E-state index in [4.69, 9.17) is 0 Å². The van der Waals surface area contributed by atoms with Crippen LogP contribution in [0.1, 0.15) is 24.1 Å². The summed E-state index contributed by atoms with van der Waals surface area (Å²) in [6.45, 7) is 2.00. The molecule has 0 saturated carbocycles. The van der Waals surface area contributed by atoms with Gasteiger partial charge in [0.05, 0.1) is 5.69 Å². The Morgan fingerprint density at radius 3 is 2.67 bits per heavy atom. The van der Waals surface area contributed by atoms with Crippen LogP contribution in [0, 0.1) is 18.6 Å². The molecule has 160 valence electrons. The fraction of sp³-hybridized carbons (Fsp3) is 0.316. The van der Waals surface area contributed by atoms with E-state index < -0.39 is 26.6 Å². The first-order valence-electron chi connectivity index (χ1n) is 9.27. The van der Waals surface area contributed by atoms with Gasteiger partial charge in [0.1, 0.15) is 11.6 Å². The van der Waals surface area contributed by atoms with Gasteiger partial charge in [-0.15, -0.1) is 0 Å². The lowest BCUT2D eigenvalue weighted by Crippen LogP contribution is -2.32. The number of amides is 1. The van der Waals surface area contributed by atoms with E-state index in [1.807, 2.05) is 23.9 Å². The summed E-state index contributed by atoms with van der Waals surface area (Å²) in [5, 5.41) is 6.98. The zero-order chi connectivity index (χ0) is 21.7. The van der Waals surface area contributed by atoms with Crippen molar-refractivity contribution in [3.63, 3.8) is 0 Å². The average molecular weight is 437 g/mol. The minimum Gasteiger partial charge on any atom is -0.356 e. The molecule has 0 saturated heterocycles. The molecule has 11 heteroatoms. The predicted molar refractivity (Wildman–Crippen MR) is 105 cm³/mol. The van der Waals surface area contributed by atoms with Gasteiger partial charge in [-0.05, 0) is 37.5 Å². The van der Waals surface area contributed by atoms with Crippen LogP contribution in [0.25, 0.3) is 5.65 Å². The van der Waals surface area contributed by atoms with Crippen LogP contribution < -0.4 is 10.0 Å². The minimum atomic E-state index is -4.39. The molecule has 0 aliphatic heterocycles. The number of carbonyl (C=O) groups is 1. The number of benzene rings is 1. The summed E-state index contributed by atoms with van der Waals surface area (Å²) in [5.74, 6) is -2.75. The lowest BCUT2D eigenvalue weighted by atomic mass is 10.2. The number of nitrogens with one attached hydrogen (secondary N) is 2. The highest BCUT2D eigenvalue weighted by Crippen LogP contribution is 2.17. The van der Waals surface area contributed by atoms with Crippen molar-refractivity contribution in [2.24, 2.45) is 0 Å². The number of hydrogen-bond donors (Lipinski definition) is 2. The van der Waals surface area contributed by atoms with Gasteiger partial charge in [-0.25, -0.2) is 31.4 Å². The number of halogens is 2. The fourth-order valence-corrected chi connectivity index (χ4v) is 4.05. The van der Waals surface area contributed by atoms with Crippen LogP contribution in [0.4, 0.5) is 8.78 Å². The monoisotopic (exact) mass is 437 g/mol. The predicted octanol–water partition coefficient (Wildman–Crippen LogP) is 1.73. The second-order valence-electron chi connectivity index (χ2n) is 6.70. The van der Waals surface area contributed by atoms with Crippen molar-refractivity contribution in [1.29, 1.82) is 0 Å². The number of aromatic nitrogens is 3. The van der Waals surface area contributed by atoms with Crippen LogP contribution in [0.15, 0.2) is 41.6 Å². The van der Waals surface area contributed by atoms with Crippen LogP contribution in [0.5, 0.6) is 0 Å². The topological polar surface area (TPSA) is 105 Å². The Morgan fingerprint density at radius 1 is 1.20 bits per heavy atom. The maximum atomic E-state index is 13.6. The van der Waals surface area contributed by atoms with Crippen molar-refractivity contribution in [2.75, 3.05) is 13.1 Å². The molecular formula is C19H21F2N5O3S. The summed E-state index contributed by atoms with van der Waals surface area (Å²) in [6, 6.07) is 4.65. The molecule has 2 heterocycles.